The molecule has 1 saturated heterocycles. The lowest BCUT2D eigenvalue weighted by Gasteiger charge is -2.32. The van der Waals surface area contributed by atoms with Crippen molar-refractivity contribution >= 4 is 0 Å². The van der Waals surface area contributed by atoms with Crippen LogP contribution in [-0.2, 0) is 0 Å². The van der Waals surface area contributed by atoms with Gasteiger partial charge in [-0.15, -0.1) is 0 Å². The zero-order valence-corrected chi connectivity index (χ0v) is 11.4. The Morgan fingerprint density at radius 2 is 1.94 bits per heavy atom. The Hall–Kier alpha value is -0.120. The smallest absolute Gasteiger partial charge is 0.0695 e. The van der Waals surface area contributed by atoms with Gasteiger partial charge in [0.2, 0.25) is 0 Å². The van der Waals surface area contributed by atoms with Gasteiger partial charge in [-0.05, 0) is 45.8 Å². The molecule has 1 aliphatic carbocycles. The van der Waals surface area contributed by atoms with Crippen molar-refractivity contribution in [3.05, 3.63) is 0 Å². The lowest BCUT2D eigenvalue weighted by molar-refractivity contribution is 0.0510. The molecule has 2 fully saturated rings. The van der Waals surface area contributed by atoms with Crippen LogP contribution in [0.15, 0.2) is 0 Å². The van der Waals surface area contributed by atoms with Crippen molar-refractivity contribution in [2.24, 2.45) is 5.92 Å². The second kappa shape index (κ2) is 6.17. The Morgan fingerprint density at radius 3 is 2.65 bits per heavy atom. The minimum absolute atomic E-state index is 0.0957. The maximum atomic E-state index is 10.2. The molecule has 0 aromatic heterocycles. The molecule has 1 N–H and O–H groups in total. The van der Waals surface area contributed by atoms with Crippen LogP contribution in [0, 0.1) is 5.92 Å². The highest BCUT2D eigenvalue weighted by Gasteiger charge is 2.28. The molecule has 3 atom stereocenters. The molecule has 0 radical (unpaired) electrons. The standard InChI is InChI=1S/C14H28N2O/c1-15-9-8-12(10-15)11-16(2)13-6-4-3-5-7-14(13)17/h12-14,17H,3-11H2,1-2H3. The van der Waals surface area contributed by atoms with E-state index in [1.807, 2.05) is 0 Å². The van der Waals surface area contributed by atoms with Crippen molar-refractivity contribution in [3.63, 3.8) is 0 Å². The summed E-state index contributed by atoms with van der Waals surface area (Å²) in [4.78, 5) is 4.85. The fraction of sp³-hybridized carbons (Fsp3) is 1.00. The highest BCUT2D eigenvalue weighted by Crippen LogP contribution is 2.24. The summed E-state index contributed by atoms with van der Waals surface area (Å²) in [5.41, 5.74) is 0. The molecule has 2 rings (SSSR count). The second-order valence-electron chi connectivity index (χ2n) is 6.13. The van der Waals surface area contributed by atoms with Crippen LogP contribution in [0.25, 0.3) is 0 Å². The Morgan fingerprint density at radius 1 is 1.18 bits per heavy atom. The van der Waals surface area contributed by atoms with E-state index in [1.54, 1.807) is 0 Å². The van der Waals surface area contributed by atoms with E-state index in [2.05, 4.69) is 23.9 Å². The van der Waals surface area contributed by atoms with Crippen molar-refractivity contribution in [3.8, 4) is 0 Å². The summed E-state index contributed by atoms with van der Waals surface area (Å²) in [6, 6.07) is 0.406. The molecule has 17 heavy (non-hydrogen) atoms. The minimum Gasteiger partial charge on any atom is -0.391 e. The minimum atomic E-state index is -0.0957. The van der Waals surface area contributed by atoms with E-state index >= 15 is 0 Å². The Balaban J connectivity index is 1.83. The third-order valence-corrected chi connectivity index (χ3v) is 4.55. The molecule has 3 heteroatoms. The third kappa shape index (κ3) is 3.67. The zero-order valence-electron chi connectivity index (χ0n) is 11.4. The van der Waals surface area contributed by atoms with Gasteiger partial charge in [0.25, 0.3) is 0 Å². The molecule has 3 nitrogen and oxygen atoms in total. The molecule has 1 heterocycles. The predicted octanol–water partition coefficient (Wildman–Crippen LogP) is 1.56. The number of likely N-dealkylation sites (N-methyl/N-ethyl adjacent to an activating group) is 1. The quantitative estimate of drug-likeness (QED) is 0.759. The van der Waals surface area contributed by atoms with Gasteiger partial charge >= 0.3 is 0 Å². The lowest BCUT2D eigenvalue weighted by atomic mass is 10.0. The summed E-state index contributed by atoms with van der Waals surface area (Å²) in [6.07, 6.45) is 7.20. The Bertz CT molecular complexity index is 234. The second-order valence-corrected chi connectivity index (χ2v) is 6.13. The maximum absolute atomic E-state index is 10.2. The number of aliphatic hydroxyl groups is 1. The number of rotatable bonds is 3. The highest BCUT2D eigenvalue weighted by molar-refractivity contribution is 4.83. The van der Waals surface area contributed by atoms with E-state index in [4.69, 9.17) is 0 Å². The van der Waals surface area contributed by atoms with E-state index in [1.165, 1.54) is 45.2 Å². The summed E-state index contributed by atoms with van der Waals surface area (Å²) in [5, 5.41) is 10.2. The SMILES string of the molecule is CN1CCC(CN(C)C2CCCCCC2O)C1. The fourth-order valence-corrected chi connectivity index (χ4v) is 3.50. The molecule has 0 aromatic rings. The largest absolute Gasteiger partial charge is 0.391 e. The van der Waals surface area contributed by atoms with E-state index in [0.29, 0.717) is 6.04 Å². The number of hydrogen-bond acceptors (Lipinski definition) is 3. The average Bonchev–Trinajstić information content (AvgIpc) is 2.57. The molecule has 1 aliphatic heterocycles. The van der Waals surface area contributed by atoms with Crippen LogP contribution in [0.5, 0.6) is 0 Å². The normalized spacial score (nSPS) is 36.4. The van der Waals surface area contributed by atoms with E-state index in [9.17, 15) is 5.11 Å². The van der Waals surface area contributed by atoms with Crippen molar-refractivity contribution in [2.45, 2.75) is 50.7 Å². The van der Waals surface area contributed by atoms with Crippen LogP contribution in [0.3, 0.4) is 0 Å². The van der Waals surface area contributed by atoms with E-state index in [-0.39, 0.29) is 6.10 Å². The molecule has 0 spiro atoms. The molecule has 100 valence electrons. The summed E-state index contributed by atoms with van der Waals surface area (Å²) in [5.74, 6) is 0.806. The highest BCUT2D eigenvalue weighted by atomic mass is 16.3. The molecule has 0 bridgehead atoms. The van der Waals surface area contributed by atoms with Gasteiger partial charge in [0.05, 0.1) is 6.10 Å². The topological polar surface area (TPSA) is 26.7 Å². The molecule has 2 aliphatic rings. The Labute approximate surface area is 106 Å². The molecular formula is C14H28N2O. The van der Waals surface area contributed by atoms with Crippen molar-refractivity contribution < 1.29 is 5.11 Å². The summed E-state index contributed by atoms with van der Waals surface area (Å²) >= 11 is 0. The van der Waals surface area contributed by atoms with E-state index < -0.39 is 0 Å². The lowest BCUT2D eigenvalue weighted by Crippen LogP contribution is -2.43. The molecule has 0 aromatic carbocycles. The molecule has 3 unspecified atom stereocenters. The van der Waals surface area contributed by atoms with Gasteiger partial charge < -0.3 is 14.9 Å². The van der Waals surface area contributed by atoms with Crippen molar-refractivity contribution in [2.75, 3.05) is 33.7 Å². The summed E-state index contributed by atoms with van der Waals surface area (Å²) < 4.78 is 0. The summed E-state index contributed by atoms with van der Waals surface area (Å²) in [6.45, 7) is 3.63. The zero-order chi connectivity index (χ0) is 12.3. The van der Waals surface area contributed by atoms with Crippen molar-refractivity contribution in [1.82, 2.24) is 9.80 Å². The first-order chi connectivity index (χ1) is 8.16. The first kappa shape index (κ1) is 13.3. The average molecular weight is 240 g/mol. The third-order valence-electron chi connectivity index (χ3n) is 4.55. The fourth-order valence-electron chi connectivity index (χ4n) is 3.50. The van der Waals surface area contributed by atoms with Crippen LogP contribution < -0.4 is 0 Å². The predicted molar refractivity (Wildman–Crippen MR) is 71.1 cm³/mol. The number of aliphatic hydroxyl groups excluding tert-OH is 1. The monoisotopic (exact) mass is 240 g/mol. The Kier molecular flexibility index (Phi) is 4.83. The van der Waals surface area contributed by atoms with Crippen LogP contribution >= 0.6 is 0 Å². The van der Waals surface area contributed by atoms with Gasteiger partial charge in [-0.25, -0.2) is 0 Å². The molecule has 1 saturated carbocycles. The van der Waals surface area contributed by atoms with Crippen molar-refractivity contribution in [1.29, 1.82) is 0 Å². The molecular weight excluding hydrogens is 212 g/mol. The van der Waals surface area contributed by atoms with Gasteiger partial charge in [-0.3, -0.25) is 0 Å². The van der Waals surface area contributed by atoms with Gasteiger partial charge in [0.1, 0.15) is 0 Å². The van der Waals surface area contributed by atoms with Gasteiger partial charge in [-0.1, -0.05) is 19.3 Å². The number of hydrogen-bond donors (Lipinski definition) is 1. The van der Waals surface area contributed by atoms with Gasteiger partial charge in [0, 0.05) is 19.1 Å². The van der Waals surface area contributed by atoms with E-state index in [0.717, 1.165) is 18.9 Å². The number of likely N-dealkylation sites (tertiary alicyclic amines) is 1. The number of nitrogens with zero attached hydrogens (tertiary/aromatic N) is 2. The van der Waals surface area contributed by atoms with Gasteiger partial charge in [0.15, 0.2) is 0 Å². The van der Waals surface area contributed by atoms with Crippen LogP contribution in [0.1, 0.15) is 38.5 Å². The molecule has 0 amide bonds. The van der Waals surface area contributed by atoms with Crippen LogP contribution in [0.2, 0.25) is 0 Å². The summed E-state index contributed by atoms with van der Waals surface area (Å²) in [7, 11) is 4.41. The first-order valence-corrected chi connectivity index (χ1v) is 7.23. The van der Waals surface area contributed by atoms with Crippen LogP contribution in [-0.4, -0.2) is 60.8 Å². The van der Waals surface area contributed by atoms with Gasteiger partial charge in [-0.2, -0.15) is 0 Å². The maximum Gasteiger partial charge on any atom is 0.0695 e. The van der Waals surface area contributed by atoms with Crippen LogP contribution in [0.4, 0.5) is 0 Å². The first-order valence-electron chi connectivity index (χ1n) is 7.23.